The highest BCUT2D eigenvalue weighted by Gasteiger charge is 2.16. The number of nitrogens with zero attached hydrogens (tertiary/aromatic N) is 1. The zero-order valence-corrected chi connectivity index (χ0v) is 22.3. The molecular formula is C29H26BrN3O4. The Morgan fingerprint density at radius 1 is 0.946 bits per heavy atom. The molecule has 0 aliphatic carbocycles. The average Bonchev–Trinajstić information content (AvgIpc) is 2.89. The quantitative estimate of drug-likeness (QED) is 0.168. The molecule has 0 saturated carbocycles. The molecule has 0 saturated heterocycles. The Hall–Kier alpha value is -4.17. The minimum atomic E-state index is -0.875. The molecule has 0 bridgehead atoms. The summed E-state index contributed by atoms with van der Waals surface area (Å²) in [6, 6.07) is 23.4. The minimum Gasteiger partial charge on any atom is -0.493 e. The van der Waals surface area contributed by atoms with Crippen molar-refractivity contribution in [3.05, 3.63) is 99.5 Å². The molecule has 4 aromatic rings. The van der Waals surface area contributed by atoms with E-state index in [1.165, 1.54) is 6.21 Å². The number of carbonyl (C=O) groups excluding carboxylic acids is 2. The van der Waals surface area contributed by atoms with E-state index >= 15 is 0 Å². The lowest BCUT2D eigenvalue weighted by molar-refractivity contribution is -0.136. The number of benzene rings is 4. The van der Waals surface area contributed by atoms with Gasteiger partial charge in [0.15, 0.2) is 11.5 Å². The number of anilines is 1. The van der Waals surface area contributed by atoms with Gasteiger partial charge in [-0.2, -0.15) is 5.10 Å². The van der Waals surface area contributed by atoms with Crippen molar-refractivity contribution in [3.8, 4) is 11.5 Å². The van der Waals surface area contributed by atoms with E-state index in [1.54, 1.807) is 19.2 Å². The maximum Gasteiger partial charge on any atom is 0.329 e. The van der Waals surface area contributed by atoms with Crippen molar-refractivity contribution in [1.29, 1.82) is 0 Å². The average molecular weight is 560 g/mol. The Balaban J connectivity index is 1.42. The van der Waals surface area contributed by atoms with E-state index in [9.17, 15) is 9.59 Å². The summed E-state index contributed by atoms with van der Waals surface area (Å²) in [6.45, 7) is 4.08. The summed E-state index contributed by atoms with van der Waals surface area (Å²) in [6.07, 6.45) is 1.42. The summed E-state index contributed by atoms with van der Waals surface area (Å²) in [5.41, 5.74) is 6.29. The molecular weight excluding hydrogens is 534 g/mol. The topological polar surface area (TPSA) is 89.0 Å². The first-order valence-corrected chi connectivity index (χ1v) is 12.3. The summed E-state index contributed by atoms with van der Waals surface area (Å²) < 4.78 is 12.3. The lowest BCUT2D eigenvalue weighted by atomic mass is 10.1. The van der Waals surface area contributed by atoms with Gasteiger partial charge in [0.05, 0.1) is 17.8 Å². The SMILES string of the molecule is COc1cc(C=NNC(=O)C(=O)Nc2c(C)cccc2C)cc(Br)c1OCc1cccc2ccccc12. The molecule has 4 aromatic carbocycles. The van der Waals surface area contributed by atoms with Gasteiger partial charge in [-0.15, -0.1) is 0 Å². The normalized spacial score (nSPS) is 10.9. The predicted octanol–water partition coefficient (Wildman–Crippen LogP) is 5.90. The van der Waals surface area contributed by atoms with Crippen LogP contribution in [0.4, 0.5) is 5.69 Å². The molecule has 2 amide bonds. The number of fused-ring (bicyclic) bond motifs is 1. The highest BCUT2D eigenvalue weighted by molar-refractivity contribution is 9.10. The predicted molar refractivity (Wildman–Crippen MR) is 149 cm³/mol. The Kier molecular flexibility index (Phi) is 8.20. The van der Waals surface area contributed by atoms with E-state index < -0.39 is 11.8 Å². The standard InChI is InChI=1S/C29H26BrN3O4/c1-18-8-6-9-19(2)26(18)32-28(34)29(35)33-31-16-20-14-24(30)27(25(15-20)36-3)37-17-22-12-7-11-21-10-4-5-13-23(21)22/h4-16H,17H2,1-3H3,(H,32,34)(H,33,35). The van der Waals surface area contributed by atoms with Gasteiger partial charge in [0, 0.05) is 5.69 Å². The van der Waals surface area contributed by atoms with Crippen LogP contribution < -0.4 is 20.2 Å². The van der Waals surface area contributed by atoms with Crippen molar-refractivity contribution < 1.29 is 19.1 Å². The molecule has 7 nitrogen and oxygen atoms in total. The lowest BCUT2D eigenvalue weighted by Crippen LogP contribution is -2.32. The van der Waals surface area contributed by atoms with Gasteiger partial charge >= 0.3 is 11.8 Å². The number of hydrogen-bond acceptors (Lipinski definition) is 5. The molecule has 0 radical (unpaired) electrons. The number of aryl methyl sites for hydroxylation is 2. The van der Waals surface area contributed by atoms with Crippen molar-refractivity contribution in [2.24, 2.45) is 5.10 Å². The van der Waals surface area contributed by atoms with Gasteiger partial charge in [-0.25, -0.2) is 5.43 Å². The van der Waals surface area contributed by atoms with Crippen LogP contribution in [0, 0.1) is 13.8 Å². The lowest BCUT2D eigenvalue weighted by Gasteiger charge is -2.14. The fraction of sp³-hybridized carbons (Fsp3) is 0.138. The van der Waals surface area contributed by atoms with E-state index in [1.807, 2.05) is 56.3 Å². The number of halogens is 1. The molecule has 0 aliphatic rings. The van der Waals surface area contributed by atoms with E-state index in [0.29, 0.717) is 33.8 Å². The minimum absolute atomic E-state index is 0.356. The zero-order chi connectivity index (χ0) is 26.4. The molecule has 0 aromatic heterocycles. The molecule has 188 valence electrons. The third kappa shape index (κ3) is 6.16. The summed E-state index contributed by atoms with van der Waals surface area (Å²) >= 11 is 3.54. The smallest absolute Gasteiger partial charge is 0.329 e. The Morgan fingerprint density at radius 2 is 1.65 bits per heavy atom. The van der Waals surface area contributed by atoms with Gasteiger partial charge in [-0.05, 0) is 74.9 Å². The van der Waals surface area contributed by atoms with Gasteiger partial charge in [0.25, 0.3) is 0 Å². The molecule has 0 fully saturated rings. The van der Waals surface area contributed by atoms with Crippen LogP contribution in [0.1, 0.15) is 22.3 Å². The largest absolute Gasteiger partial charge is 0.493 e. The van der Waals surface area contributed by atoms with E-state index in [-0.39, 0.29) is 0 Å². The number of rotatable bonds is 7. The molecule has 0 atom stereocenters. The molecule has 0 spiro atoms. The second kappa shape index (κ2) is 11.7. The van der Waals surface area contributed by atoms with Gasteiger partial charge < -0.3 is 14.8 Å². The Labute approximate surface area is 223 Å². The second-order valence-electron chi connectivity index (χ2n) is 8.38. The van der Waals surface area contributed by atoms with Crippen LogP contribution in [0.25, 0.3) is 10.8 Å². The van der Waals surface area contributed by atoms with Crippen molar-refractivity contribution in [3.63, 3.8) is 0 Å². The first-order valence-electron chi connectivity index (χ1n) is 11.5. The zero-order valence-electron chi connectivity index (χ0n) is 20.7. The number of carbonyl (C=O) groups is 2. The number of para-hydroxylation sites is 1. The molecule has 0 heterocycles. The van der Waals surface area contributed by atoms with Crippen LogP contribution in [-0.2, 0) is 16.2 Å². The highest BCUT2D eigenvalue weighted by Crippen LogP contribution is 2.37. The summed E-state index contributed by atoms with van der Waals surface area (Å²) in [5.74, 6) is -0.634. The van der Waals surface area contributed by atoms with Crippen LogP contribution in [-0.4, -0.2) is 25.1 Å². The number of ether oxygens (including phenoxy) is 2. The molecule has 37 heavy (non-hydrogen) atoms. The number of amides is 2. The van der Waals surface area contributed by atoms with Crippen LogP contribution in [0.5, 0.6) is 11.5 Å². The number of hydrogen-bond donors (Lipinski definition) is 2. The van der Waals surface area contributed by atoms with Gasteiger partial charge in [0.2, 0.25) is 0 Å². The number of methoxy groups -OCH3 is 1. The van der Waals surface area contributed by atoms with Crippen molar-refractivity contribution in [2.45, 2.75) is 20.5 Å². The summed E-state index contributed by atoms with van der Waals surface area (Å²) in [5, 5.41) is 8.82. The molecule has 4 rings (SSSR count). The molecule has 0 unspecified atom stereocenters. The van der Waals surface area contributed by atoms with Crippen LogP contribution in [0.15, 0.2) is 82.4 Å². The van der Waals surface area contributed by atoms with Crippen molar-refractivity contribution >= 4 is 50.4 Å². The van der Waals surface area contributed by atoms with Crippen molar-refractivity contribution in [1.82, 2.24) is 5.43 Å². The Bertz CT molecular complexity index is 1470. The first kappa shape index (κ1) is 25.9. The molecule has 0 aliphatic heterocycles. The fourth-order valence-electron chi connectivity index (χ4n) is 3.92. The maximum absolute atomic E-state index is 12.3. The molecule has 8 heteroatoms. The summed E-state index contributed by atoms with van der Waals surface area (Å²) in [4.78, 5) is 24.5. The molecule has 2 N–H and O–H groups in total. The van der Waals surface area contributed by atoms with Crippen molar-refractivity contribution in [2.75, 3.05) is 12.4 Å². The maximum atomic E-state index is 12.3. The second-order valence-corrected chi connectivity index (χ2v) is 9.24. The van der Waals surface area contributed by atoms with E-state index in [2.05, 4.69) is 50.0 Å². The third-order valence-electron chi connectivity index (χ3n) is 5.81. The summed E-state index contributed by atoms with van der Waals surface area (Å²) in [7, 11) is 1.55. The first-order chi connectivity index (χ1) is 17.9. The van der Waals surface area contributed by atoms with Crippen LogP contribution in [0.2, 0.25) is 0 Å². The van der Waals surface area contributed by atoms with Gasteiger partial charge in [-0.1, -0.05) is 60.7 Å². The van der Waals surface area contributed by atoms with E-state index in [4.69, 9.17) is 9.47 Å². The number of nitrogens with one attached hydrogen (secondary N) is 2. The van der Waals surface area contributed by atoms with E-state index in [0.717, 1.165) is 27.5 Å². The number of hydrazone groups is 1. The highest BCUT2D eigenvalue weighted by atomic mass is 79.9. The third-order valence-corrected chi connectivity index (χ3v) is 6.40. The van der Waals surface area contributed by atoms with Crippen LogP contribution >= 0.6 is 15.9 Å². The van der Waals surface area contributed by atoms with Gasteiger partial charge in [-0.3, -0.25) is 9.59 Å². The Morgan fingerprint density at radius 3 is 2.41 bits per heavy atom. The monoisotopic (exact) mass is 559 g/mol. The van der Waals surface area contributed by atoms with Gasteiger partial charge in [0.1, 0.15) is 6.61 Å². The fourth-order valence-corrected chi connectivity index (χ4v) is 4.49. The van der Waals surface area contributed by atoms with Crippen LogP contribution in [0.3, 0.4) is 0 Å².